The van der Waals surface area contributed by atoms with Gasteiger partial charge < -0.3 is 14.5 Å². The fraction of sp³-hybridized carbons (Fsp3) is 0.929. The largest absolute Gasteiger partial charge is 0.376 e. The second-order valence-corrected chi connectivity index (χ2v) is 5.85. The first-order chi connectivity index (χ1) is 8.40. The molecule has 2 atom stereocenters. The zero-order valence-electron chi connectivity index (χ0n) is 12.8. The molecule has 4 nitrogen and oxygen atoms in total. The van der Waals surface area contributed by atoms with Gasteiger partial charge in [0.2, 0.25) is 0 Å². The smallest absolute Gasteiger partial charge is 0.195 e. The van der Waals surface area contributed by atoms with Crippen LogP contribution in [-0.2, 0) is 4.74 Å². The van der Waals surface area contributed by atoms with E-state index in [4.69, 9.17) is 9.73 Å². The van der Waals surface area contributed by atoms with Gasteiger partial charge in [-0.3, -0.25) is 4.99 Å². The summed E-state index contributed by atoms with van der Waals surface area (Å²) in [5.41, 5.74) is 0. The van der Waals surface area contributed by atoms with Crippen molar-refractivity contribution >= 4 is 5.96 Å². The van der Waals surface area contributed by atoms with E-state index in [1.165, 1.54) is 19.3 Å². The molecule has 0 bridgehead atoms. The predicted molar refractivity (Wildman–Crippen MR) is 77.0 cm³/mol. The van der Waals surface area contributed by atoms with Crippen LogP contribution in [0.3, 0.4) is 0 Å². The molecule has 106 valence electrons. The molecule has 2 unspecified atom stereocenters. The van der Waals surface area contributed by atoms with Crippen LogP contribution in [0.5, 0.6) is 0 Å². The zero-order valence-corrected chi connectivity index (χ0v) is 12.8. The molecular formula is C14H29N3O. The summed E-state index contributed by atoms with van der Waals surface area (Å²) < 4.78 is 5.77. The summed E-state index contributed by atoms with van der Waals surface area (Å²) >= 11 is 0. The zero-order chi connectivity index (χ0) is 13.7. The highest BCUT2D eigenvalue weighted by Crippen LogP contribution is 2.27. The van der Waals surface area contributed by atoms with Crippen LogP contribution in [0, 0.1) is 5.92 Å². The van der Waals surface area contributed by atoms with Crippen molar-refractivity contribution < 1.29 is 4.74 Å². The lowest BCUT2D eigenvalue weighted by Gasteiger charge is -2.32. The van der Waals surface area contributed by atoms with E-state index in [0.717, 1.165) is 18.4 Å². The van der Waals surface area contributed by atoms with E-state index in [0.29, 0.717) is 12.2 Å². The van der Waals surface area contributed by atoms with Crippen LogP contribution >= 0.6 is 0 Å². The number of aliphatic imine (C=N–C) groups is 1. The molecule has 4 heteroatoms. The Labute approximate surface area is 112 Å². The maximum Gasteiger partial charge on any atom is 0.195 e. The van der Waals surface area contributed by atoms with Crippen molar-refractivity contribution in [1.82, 2.24) is 9.80 Å². The Bertz CT molecular complexity index is 256. The molecule has 1 saturated heterocycles. The highest BCUT2D eigenvalue weighted by atomic mass is 16.5. The number of hydrogen-bond acceptors (Lipinski definition) is 2. The standard InChI is InChI=1S/C14H29N3O/c1-11-9-13(10-12(2)18-11)7-8-15-14(16(3)4)17(5)6/h11-13H,7-10H2,1-6H3. The van der Waals surface area contributed by atoms with Crippen LogP contribution in [0.1, 0.15) is 33.1 Å². The molecule has 0 N–H and O–H groups in total. The van der Waals surface area contributed by atoms with Crippen LogP contribution in [0.2, 0.25) is 0 Å². The van der Waals surface area contributed by atoms with Gasteiger partial charge in [-0.15, -0.1) is 0 Å². The molecule has 0 saturated carbocycles. The van der Waals surface area contributed by atoms with Crippen molar-refractivity contribution in [2.24, 2.45) is 10.9 Å². The summed E-state index contributed by atoms with van der Waals surface area (Å²) in [7, 11) is 8.16. The minimum Gasteiger partial charge on any atom is -0.376 e. The maximum absolute atomic E-state index is 5.77. The number of hydrogen-bond donors (Lipinski definition) is 0. The number of nitrogens with zero attached hydrogens (tertiary/aromatic N) is 3. The summed E-state index contributed by atoms with van der Waals surface area (Å²) in [6, 6.07) is 0. The van der Waals surface area contributed by atoms with Crippen LogP contribution < -0.4 is 0 Å². The number of rotatable bonds is 3. The van der Waals surface area contributed by atoms with E-state index in [1.807, 2.05) is 28.2 Å². The van der Waals surface area contributed by atoms with Crippen molar-refractivity contribution in [3.05, 3.63) is 0 Å². The lowest BCUT2D eigenvalue weighted by molar-refractivity contribution is -0.0529. The third-order valence-electron chi connectivity index (χ3n) is 3.39. The molecule has 0 amide bonds. The van der Waals surface area contributed by atoms with Crippen molar-refractivity contribution in [3.8, 4) is 0 Å². The summed E-state index contributed by atoms with van der Waals surface area (Å²) in [5, 5.41) is 0. The maximum atomic E-state index is 5.77. The summed E-state index contributed by atoms with van der Waals surface area (Å²) in [6.07, 6.45) is 4.34. The average Bonchev–Trinajstić information content (AvgIpc) is 2.21. The van der Waals surface area contributed by atoms with Crippen molar-refractivity contribution in [2.45, 2.75) is 45.3 Å². The van der Waals surface area contributed by atoms with E-state index in [9.17, 15) is 0 Å². The minimum atomic E-state index is 0.407. The first-order valence-electron chi connectivity index (χ1n) is 6.94. The fourth-order valence-corrected chi connectivity index (χ4v) is 2.81. The lowest BCUT2D eigenvalue weighted by atomic mass is 9.90. The Balaban J connectivity index is 2.42. The second kappa shape index (κ2) is 6.98. The van der Waals surface area contributed by atoms with Gasteiger partial charge in [0.1, 0.15) is 0 Å². The van der Waals surface area contributed by atoms with Gasteiger partial charge in [0.05, 0.1) is 12.2 Å². The van der Waals surface area contributed by atoms with E-state index in [-0.39, 0.29) is 0 Å². The van der Waals surface area contributed by atoms with Crippen LogP contribution in [0.15, 0.2) is 4.99 Å². The molecule has 0 aromatic heterocycles. The Hall–Kier alpha value is -0.770. The topological polar surface area (TPSA) is 28.1 Å². The van der Waals surface area contributed by atoms with Gasteiger partial charge in [-0.05, 0) is 39.0 Å². The van der Waals surface area contributed by atoms with Crippen LogP contribution in [-0.4, -0.2) is 62.7 Å². The first-order valence-corrected chi connectivity index (χ1v) is 6.94. The summed E-state index contributed by atoms with van der Waals surface area (Å²) in [6.45, 7) is 5.27. The Kier molecular flexibility index (Phi) is 5.93. The molecular weight excluding hydrogens is 226 g/mol. The Morgan fingerprint density at radius 1 is 1.06 bits per heavy atom. The fourth-order valence-electron chi connectivity index (χ4n) is 2.81. The molecule has 0 spiro atoms. The van der Waals surface area contributed by atoms with Gasteiger partial charge in [-0.1, -0.05) is 0 Å². The highest BCUT2D eigenvalue weighted by molar-refractivity contribution is 5.79. The monoisotopic (exact) mass is 255 g/mol. The van der Waals surface area contributed by atoms with Gasteiger partial charge in [0.25, 0.3) is 0 Å². The highest BCUT2D eigenvalue weighted by Gasteiger charge is 2.23. The predicted octanol–water partition coefficient (Wildman–Crippen LogP) is 2.06. The van der Waals surface area contributed by atoms with Crippen LogP contribution in [0.25, 0.3) is 0 Å². The number of ether oxygens (including phenoxy) is 1. The van der Waals surface area contributed by atoms with Gasteiger partial charge >= 0.3 is 0 Å². The minimum absolute atomic E-state index is 0.407. The Morgan fingerprint density at radius 3 is 2.00 bits per heavy atom. The second-order valence-electron chi connectivity index (χ2n) is 5.85. The van der Waals surface area contributed by atoms with Crippen LogP contribution in [0.4, 0.5) is 0 Å². The molecule has 0 radical (unpaired) electrons. The lowest BCUT2D eigenvalue weighted by Crippen LogP contribution is -2.35. The SMILES string of the molecule is CC1CC(CCN=C(N(C)C)N(C)C)CC(C)O1. The normalized spacial score (nSPS) is 27.8. The number of guanidine groups is 1. The molecule has 1 rings (SSSR count). The molecule has 0 aliphatic carbocycles. The quantitative estimate of drug-likeness (QED) is 0.571. The molecule has 1 aliphatic rings. The Morgan fingerprint density at radius 2 is 1.56 bits per heavy atom. The van der Waals surface area contributed by atoms with Gasteiger partial charge in [0.15, 0.2) is 5.96 Å². The van der Waals surface area contributed by atoms with Gasteiger partial charge in [-0.2, -0.15) is 0 Å². The van der Waals surface area contributed by atoms with E-state index in [2.05, 4.69) is 23.6 Å². The average molecular weight is 255 g/mol. The molecule has 1 heterocycles. The first kappa shape index (κ1) is 15.3. The summed E-state index contributed by atoms with van der Waals surface area (Å²) in [4.78, 5) is 8.82. The van der Waals surface area contributed by atoms with E-state index in [1.54, 1.807) is 0 Å². The molecule has 1 aliphatic heterocycles. The molecule has 1 fully saturated rings. The van der Waals surface area contributed by atoms with Crippen molar-refractivity contribution in [2.75, 3.05) is 34.7 Å². The molecule has 0 aromatic rings. The van der Waals surface area contributed by atoms with Gasteiger partial charge in [0, 0.05) is 34.7 Å². The third-order valence-corrected chi connectivity index (χ3v) is 3.39. The molecule has 0 aromatic carbocycles. The van der Waals surface area contributed by atoms with Crippen molar-refractivity contribution in [3.63, 3.8) is 0 Å². The van der Waals surface area contributed by atoms with E-state index >= 15 is 0 Å². The van der Waals surface area contributed by atoms with Gasteiger partial charge in [-0.25, -0.2) is 0 Å². The summed E-state index contributed by atoms with van der Waals surface area (Å²) in [5.74, 6) is 1.81. The third kappa shape index (κ3) is 4.84. The van der Waals surface area contributed by atoms with Crippen molar-refractivity contribution in [1.29, 1.82) is 0 Å². The molecule has 18 heavy (non-hydrogen) atoms. The van der Waals surface area contributed by atoms with E-state index < -0.39 is 0 Å².